The maximum absolute atomic E-state index is 10.6. The fraction of sp³-hybridized carbons (Fsp3) is 0.600. The molecule has 0 saturated heterocycles. The zero-order valence-corrected chi connectivity index (χ0v) is 12.9. The van der Waals surface area contributed by atoms with Gasteiger partial charge in [-0.1, -0.05) is 0 Å². The molecule has 68 valence electrons. The Morgan fingerprint density at radius 3 is 2.00 bits per heavy atom. The van der Waals surface area contributed by atoms with Crippen molar-refractivity contribution in [2.24, 2.45) is 0 Å². The molecular formula is C5H11Na2O5P. The molecule has 13 heavy (non-hydrogen) atoms. The van der Waals surface area contributed by atoms with E-state index in [1.165, 1.54) is 0 Å². The molecule has 0 amide bonds. The van der Waals surface area contributed by atoms with Crippen LogP contribution in [0.4, 0.5) is 0 Å². The van der Waals surface area contributed by atoms with E-state index < -0.39 is 19.1 Å². The minimum Gasteiger partial charge on any atom is -1.00 e. The van der Waals surface area contributed by atoms with Gasteiger partial charge in [0, 0.05) is 19.2 Å². The monoisotopic (exact) mass is 228 g/mol. The number of ketones is 1. The van der Waals surface area contributed by atoms with Gasteiger partial charge in [-0.2, -0.15) is 0 Å². The number of aliphatic carboxylic acids is 1. The van der Waals surface area contributed by atoms with Crippen molar-refractivity contribution in [2.75, 3.05) is 12.8 Å². The molecule has 0 spiro atoms. The maximum atomic E-state index is 10.6. The summed E-state index contributed by atoms with van der Waals surface area (Å²) in [7, 11) is -3.24. The van der Waals surface area contributed by atoms with Crippen LogP contribution in [-0.2, 0) is 14.2 Å². The Labute approximate surface area is 123 Å². The van der Waals surface area contributed by atoms with Crippen LogP contribution in [-0.4, -0.2) is 34.6 Å². The molecule has 0 rings (SSSR count). The van der Waals surface area contributed by atoms with E-state index in [0.29, 0.717) is 0 Å². The number of hydrogen-bond donors (Lipinski definition) is 2. The zero-order chi connectivity index (χ0) is 9.07. The van der Waals surface area contributed by atoms with Gasteiger partial charge in [0.2, 0.25) is 5.78 Å². The fourth-order valence-electron chi connectivity index (χ4n) is 0.416. The summed E-state index contributed by atoms with van der Waals surface area (Å²) in [5.41, 5.74) is 0. The molecule has 0 aromatic rings. The van der Waals surface area contributed by atoms with Gasteiger partial charge in [0.25, 0.3) is 0 Å². The van der Waals surface area contributed by atoms with Crippen LogP contribution < -0.4 is 59.1 Å². The second-order valence-corrected chi connectivity index (χ2v) is 4.80. The summed E-state index contributed by atoms with van der Waals surface area (Å²) in [6.07, 6.45) is -0.641. The summed E-state index contributed by atoms with van der Waals surface area (Å²) in [5.74, 6) is -2.58. The Morgan fingerprint density at radius 1 is 1.38 bits per heavy atom. The summed E-state index contributed by atoms with van der Waals surface area (Å²) in [5, 5.41) is 8.06. The molecule has 0 saturated carbocycles. The Hall–Kier alpha value is 1.33. The number of carboxylic acids is 1. The van der Waals surface area contributed by atoms with Crippen LogP contribution in [0, 0.1) is 0 Å². The number of Topliss-reactive ketones (excluding diaryl/α,β-unsaturated/α-hetero) is 1. The number of carboxylic acid groups (broad SMARTS) is 1. The van der Waals surface area contributed by atoms with E-state index in [2.05, 4.69) is 0 Å². The second-order valence-electron chi connectivity index (χ2n) is 2.25. The van der Waals surface area contributed by atoms with Crippen LogP contribution in [0.1, 0.15) is 9.27 Å². The summed E-state index contributed by atoms with van der Waals surface area (Å²) in [6, 6.07) is 0. The molecule has 1 atom stereocenters. The van der Waals surface area contributed by atoms with E-state index >= 15 is 0 Å². The SMILES string of the molecule is CP(=O)(O)CCC(=O)C(=O)O.[H-].[H-].[Na+].[Na+]. The van der Waals surface area contributed by atoms with Crippen LogP contribution in [0.25, 0.3) is 0 Å². The van der Waals surface area contributed by atoms with Crippen LogP contribution in [0.2, 0.25) is 0 Å². The van der Waals surface area contributed by atoms with Crippen molar-refractivity contribution in [3.05, 3.63) is 0 Å². The number of hydrogen-bond acceptors (Lipinski definition) is 3. The van der Waals surface area contributed by atoms with Crippen molar-refractivity contribution in [3.63, 3.8) is 0 Å². The molecule has 0 radical (unpaired) electrons. The third-order valence-electron chi connectivity index (χ3n) is 0.992. The van der Waals surface area contributed by atoms with Crippen molar-refractivity contribution in [3.8, 4) is 0 Å². The van der Waals surface area contributed by atoms with Gasteiger partial charge in [0.15, 0.2) is 7.37 Å². The summed E-state index contributed by atoms with van der Waals surface area (Å²) in [4.78, 5) is 28.9. The van der Waals surface area contributed by atoms with Gasteiger partial charge >= 0.3 is 65.1 Å². The normalized spacial score (nSPS) is 13.1. The molecule has 0 heterocycles. The topological polar surface area (TPSA) is 91.7 Å². The van der Waals surface area contributed by atoms with Crippen LogP contribution in [0.3, 0.4) is 0 Å². The van der Waals surface area contributed by atoms with Gasteiger partial charge in [-0.15, -0.1) is 0 Å². The molecule has 0 aromatic carbocycles. The predicted molar refractivity (Wildman–Crippen MR) is 40.1 cm³/mol. The van der Waals surface area contributed by atoms with E-state index in [1.807, 2.05) is 0 Å². The second kappa shape index (κ2) is 8.62. The van der Waals surface area contributed by atoms with Gasteiger partial charge in [-0.05, 0) is 0 Å². The first-order valence-electron chi connectivity index (χ1n) is 2.88. The van der Waals surface area contributed by atoms with Crippen molar-refractivity contribution >= 4 is 19.1 Å². The molecular weight excluding hydrogens is 217 g/mol. The smallest absolute Gasteiger partial charge is 1.00 e. The van der Waals surface area contributed by atoms with Crippen molar-refractivity contribution in [1.82, 2.24) is 0 Å². The average molecular weight is 228 g/mol. The number of rotatable bonds is 4. The maximum Gasteiger partial charge on any atom is 1.00 e. The van der Waals surface area contributed by atoms with E-state index in [1.54, 1.807) is 0 Å². The molecule has 5 nitrogen and oxygen atoms in total. The van der Waals surface area contributed by atoms with Crippen molar-refractivity contribution in [1.29, 1.82) is 0 Å². The first-order valence-corrected chi connectivity index (χ1v) is 5.17. The van der Waals surface area contributed by atoms with E-state index in [0.717, 1.165) is 6.66 Å². The summed E-state index contributed by atoms with van der Waals surface area (Å²) in [6.45, 7) is 1.09. The fourth-order valence-corrected chi connectivity index (χ4v) is 1.03. The molecule has 0 aliphatic heterocycles. The van der Waals surface area contributed by atoms with E-state index in [-0.39, 0.29) is 74.6 Å². The first-order chi connectivity index (χ1) is 4.83. The molecule has 0 aromatic heterocycles. The number of carbonyl (C=O) groups is 2. The largest absolute Gasteiger partial charge is 1.00 e. The molecule has 0 bridgehead atoms. The van der Waals surface area contributed by atoms with Crippen molar-refractivity contribution < 1.29 is 86.1 Å². The molecule has 0 aliphatic rings. The van der Waals surface area contributed by atoms with Crippen LogP contribution in [0.5, 0.6) is 0 Å². The standard InChI is InChI=1S/C5H9O5P.2Na.2H/c1-11(9,10)3-2-4(6)5(7)8;;;;/h2-3H2,1H3,(H,7,8)(H,9,10);;;;/q;2*+1;2*-1. The Balaban J connectivity index is -0.0000000833. The summed E-state index contributed by atoms with van der Waals surface area (Å²) >= 11 is 0. The van der Waals surface area contributed by atoms with Gasteiger partial charge < -0.3 is 12.9 Å². The van der Waals surface area contributed by atoms with Crippen LogP contribution >= 0.6 is 7.37 Å². The third kappa shape index (κ3) is 13.3. The van der Waals surface area contributed by atoms with Crippen LogP contribution in [0.15, 0.2) is 0 Å². The molecule has 2 N–H and O–H groups in total. The van der Waals surface area contributed by atoms with Crippen molar-refractivity contribution in [2.45, 2.75) is 6.42 Å². The molecule has 0 aliphatic carbocycles. The minimum absolute atomic E-state index is 0. The van der Waals surface area contributed by atoms with Gasteiger partial charge in [-0.25, -0.2) is 4.79 Å². The Bertz CT molecular complexity index is 231. The molecule has 1 unspecified atom stereocenters. The quantitative estimate of drug-likeness (QED) is 0.284. The average Bonchev–Trinajstić information content (AvgIpc) is 1.80. The summed E-state index contributed by atoms with van der Waals surface area (Å²) < 4.78 is 10.6. The number of carbonyl (C=O) groups excluding carboxylic acids is 1. The van der Waals surface area contributed by atoms with E-state index in [4.69, 9.17) is 10.00 Å². The first kappa shape index (κ1) is 19.8. The Kier molecular flexibility index (Phi) is 13.2. The third-order valence-corrected chi connectivity index (χ3v) is 2.05. The van der Waals surface area contributed by atoms with Gasteiger partial charge in [0.1, 0.15) is 0 Å². The molecule has 8 heteroatoms. The Morgan fingerprint density at radius 2 is 1.77 bits per heavy atom. The zero-order valence-electron chi connectivity index (χ0n) is 9.98. The predicted octanol–water partition coefficient (Wildman–Crippen LogP) is -5.84. The van der Waals surface area contributed by atoms with E-state index in [9.17, 15) is 14.2 Å². The molecule has 0 fully saturated rings. The van der Waals surface area contributed by atoms with Gasteiger partial charge in [-0.3, -0.25) is 9.36 Å². The van der Waals surface area contributed by atoms with Gasteiger partial charge in [0.05, 0.1) is 0 Å². The minimum atomic E-state index is -3.24.